The normalized spacial score (nSPS) is 15.0. The Labute approximate surface area is 200 Å². The van der Waals surface area contributed by atoms with Gasteiger partial charge in [-0.15, -0.1) is 11.8 Å². The summed E-state index contributed by atoms with van der Waals surface area (Å²) in [4.78, 5) is 0.967. The summed E-state index contributed by atoms with van der Waals surface area (Å²) >= 11 is 1.53. The average Bonchev–Trinajstić information content (AvgIpc) is 2.79. The molecule has 0 bridgehead atoms. The number of aromatic hydroxyl groups is 1. The SMILES string of the molecule is CC(C)(C)c1cc(OCc2ccccc2)cc(NC/C=C2\C=CC(SCCO)=CC2=N)c1O. The first kappa shape index (κ1) is 24.7. The Bertz CT molecular complexity index is 1070. The molecule has 6 heteroatoms. The highest BCUT2D eigenvalue weighted by Gasteiger charge is 2.22. The number of phenolic OH excluding ortho intramolecular Hbond substituents is 1. The molecule has 3 rings (SSSR count). The van der Waals surface area contributed by atoms with Crippen molar-refractivity contribution in [2.45, 2.75) is 32.8 Å². The Hall–Kier alpha value is -2.96. The van der Waals surface area contributed by atoms with E-state index in [2.05, 4.69) is 26.1 Å². The molecular weight excluding hydrogens is 432 g/mol. The molecule has 4 N–H and O–H groups in total. The molecule has 1 aliphatic carbocycles. The number of aliphatic hydroxyl groups is 1. The zero-order valence-corrected chi connectivity index (χ0v) is 20.2. The van der Waals surface area contributed by atoms with E-state index in [1.54, 1.807) is 6.08 Å². The van der Waals surface area contributed by atoms with Gasteiger partial charge in [-0.05, 0) is 34.8 Å². The lowest BCUT2D eigenvalue weighted by Gasteiger charge is -2.23. The van der Waals surface area contributed by atoms with E-state index in [1.165, 1.54) is 11.8 Å². The summed E-state index contributed by atoms with van der Waals surface area (Å²) in [5.74, 6) is 1.52. The van der Waals surface area contributed by atoms with Crippen molar-refractivity contribution in [1.29, 1.82) is 5.41 Å². The molecule has 0 amide bonds. The number of anilines is 1. The van der Waals surface area contributed by atoms with Gasteiger partial charge in [-0.25, -0.2) is 0 Å². The molecule has 1 aliphatic rings. The van der Waals surface area contributed by atoms with Gasteiger partial charge < -0.3 is 25.7 Å². The Kier molecular flexibility index (Phi) is 8.42. The van der Waals surface area contributed by atoms with E-state index >= 15 is 0 Å². The van der Waals surface area contributed by atoms with Crippen LogP contribution >= 0.6 is 11.8 Å². The highest BCUT2D eigenvalue weighted by Crippen LogP contribution is 2.40. The van der Waals surface area contributed by atoms with Crippen molar-refractivity contribution in [3.63, 3.8) is 0 Å². The molecule has 2 aromatic carbocycles. The summed E-state index contributed by atoms with van der Waals surface area (Å²) in [6, 6.07) is 13.7. The molecule has 0 aromatic heterocycles. The lowest BCUT2D eigenvalue weighted by atomic mass is 9.85. The molecule has 0 saturated carbocycles. The largest absolute Gasteiger partial charge is 0.505 e. The van der Waals surface area contributed by atoms with Gasteiger partial charge >= 0.3 is 0 Å². The maximum Gasteiger partial charge on any atom is 0.142 e. The second-order valence-electron chi connectivity index (χ2n) is 8.80. The molecule has 0 saturated heterocycles. The van der Waals surface area contributed by atoms with Crippen molar-refractivity contribution in [3.8, 4) is 11.5 Å². The van der Waals surface area contributed by atoms with Gasteiger partial charge in [0.25, 0.3) is 0 Å². The van der Waals surface area contributed by atoms with Crippen LogP contribution in [0.5, 0.6) is 11.5 Å². The van der Waals surface area contributed by atoms with Crippen LogP contribution in [0.15, 0.2) is 77.2 Å². The van der Waals surface area contributed by atoms with Crippen molar-refractivity contribution >= 4 is 23.2 Å². The summed E-state index contributed by atoms with van der Waals surface area (Å²) in [5.41, 5.74) is 3.47. The number of benzene rings is 2. The second kappa shape index (κ2) is 11.3. The first-order valence-corrected chi connectivity index (χ1v) is 12.0. The second-order valence-corrected chi connectivity index (χ2v) is 9.97. The van der Waals surface area contributed by atoms with Crippen molar-refractivity contribution in [3.05, 3.63) is 88.4 Å². The zero-order chi connectivity index (χ0) is 23.8. The van der Waals surface area contributed by atoms with E-state index in [-0.39, 0.29) is 17.8 Å². The molecule has 0 aliphatic heterocycles. The van der Waals surface area contributed by atoms with Crippen LogP contribution in [0.1, 0.15) is 31.9 Å². The first-order valence-electron chi connectivity index (χ1n) is 11.0. The van der Waals surface area contributed by atoms with Crippen LogP contribution in [0.25, 0.3) is 0 Å². The maximum absolute atomic E-state index is 10.9. The monoisotopic (exact) mass is 464 g/mol. The molecule has 174 valence electrons. The lowest BCUT2D eigenvalue weighted by Crippen LogP contribution is -2.13. The van der Waals surface area contributed by atoms with Gasteiger partial charge in [-0.1, -0.05) is 63.3 Å². The molecule has 0 unspecified atom stereocenters. The van der Waals surface area contributed by atoms with Crippen LogP contribution in [-0.4, -0.2) is 34.8 Å². The van der Waals surface area contributed by atoms with Gasteiger partial charge in [0.2, 0.25) is 0 Å². The van der Waals surface area contributed by atoms with Gasteiger partial charge in [-0.2, -0.15) is 0 Å². The minimum absolute atomic E-state index is 0.115. The Morgan fingerprint density at radius 2 is 1.88 bits per heavy atom. The minimum Gasteiger partial charge on any atom is -0.505 e. The number of aliphatic hydroxyl groups excluding tert-OH is 1. The third-order valence-electron chi connectivity index (χ3n) is 5.14. The van der Waals surface area contributed by atoms with Gasteiger partial charge in [0.1, 0.15) is 18.1 Å². The predicted molar refractivity (Wildman–Crippen MR) is 139 cm³/mol. The number of nitrogens with one attached hydrogen (secondary N) is 2. The molecule has 0 spiro atoms. The topological polar surface area (TPSA) is 85.6 Å². The number of ether oxygens (including phenoxy) is 1. The van der Waals surface area contributed by atoms with Crippen LogP contribution in [0.4, 0.5) is 5.69 Å². The van der Waals surface area contributed by atoms with Crippen molar-refractivity contribution in [2.24, 2.45) is 0 Å². The minimum atomic E-state index is -0.257. The fourth-order valence-corrected chi connectivity index (χ4v) is 4.07. The third kappa shape index (κ3) is 7.01. The summed E-state index contributed by atoms with van der Waals surface area (Å²) in [5, 5.41) is 31.4. The molecule has 0 atom stereocenters. The van der Waals surface area contributed by atoms with Gasteiger partial charge in [0.15, 0.2) is 0 Å². The number of hydrogen-bond donors (Lipinski definition) is 4. The maximum atomic E-state index is 10.9. The van der Waals surface area contributed by atoms with E-state index < -0.39 is 0 Å². The predicted octanol–water partition coefficient (Wildman–Crippen LogP) is 5.81. The van der Waals surface area contributed by atoms with Gasteiger partial charge in [-0.3, -0.25) is 0 Å². The molecule has 0 fully saturated rings. The zero-order valence-electron chi connectivity index (χ0n) is 19.4. The van der Waals surface area contributed by atoms with E-state index in [4.69, 9.17) is 15.3 Å². The highest BCUT2D eigenvalue weighted by atomic mass is 32.2. The van der Waals surface area contributed by atoms with E-state index in [1.807, 2.05) is 60.7 Å². The number of rotatable bonds is 9. The Balaban J connectivity index is 1.74. The lowest BCUT2D eigenvalue weighted by molar-refractivity contribution is 0.304. The fourth-order valence-electron chi connectivity index (χ4n) is 3.38. The van der Waals surface area contributed by atoms with Crippen LogP contribution in [0.3, 0.4) is 0 Å². The molecule has 0 heterocycles. The molecule has 33 heavy (non-hydrogen) atoms. The Morgan fingerprint density at radius 3 is 2.55 bits per heavy atom. The molecule has 0 radical (unpaired) electrons. The number of phenols is 1. The highest BCUT2D eigenvalue weighted by molar-refractivity contribution is 8.03. The number of thioether (sulfide) groups is 1. The van der Waals surface area contributed by atoms with Crippen LogP contribution in [0.2, 0.25) is 0 Å². The standard InChI is InChI=1S/C27H32N2O3S/c1-27(2,3)23-15-21(32-18-19-7-5-4-6-8-19)16-25(26(23)31)29-12-11-20-9-10-22(17-24(20)28)33-14-13-30/h4-11,15-17,28-31H,12-14,18H2,1-3H3/b20-11+,28-24?. The van der Waals surface area contributed by atoms with E-state index in [0.29, 0.717) is 36.1 Å². The summed E-state index contributed by atoms with van der Waals surface area (Å²) in [6.07, 6.45) is 7.59. The summed E-state index contributed by atoms with van der Waals surface area (Å²) in [6.45, 7) is 7.19. The summed E-state index contributed by atoms with van der Waals surface area (Å²) in [7, 11) is 0. The van der Waals surface area contributed by atoms with Crippen molar-refractivity contribution < 1.29 is 14.9 Å². The van der Waals surface area contributed by atoms with Gasteiger partial charge in [0.05, 0.1) is 18.0 Å². The van der Waals surface area contributed by atoms with Crippen LogP contribution in [0, 0.1) is 5.41 Å². The summed E-state index contributed by atoms with van der Waals surface area (Å²) < 4.78 is 6.04. The quantitative estimate of drug-likeness (QED) is 0.352. The van der Waals surface area contributed by atoms with Crippen LogP contribution < -0.4 is 10.1 Å². The molecular formula is C27H32N2O3S. The first-order chi connectivity index (χ1) is 15.8. The average molecular weight is 465 g/mol. The fraction of sp³-hybridized carbons (Fsp3) is 0.296. The van der Waals surface area contributed by atoms with Crippen molar-refractivity contribution in [2.75, 3.05) is 24.2 Å². The van der Waals surface area contributed by atoms with E-state index in [9.17, 15) is 5.11 Å². The van der Waals surface area contributed by atoms with E-state index in [0.717, 1.165) is 21.6 Å². The van der Waals surface area contributed by atoms with Crippen molar-refractivity contribution in [1.82, 2.24) is 0 Å². The van der Waals surface area contributed by atoms with Crippen LogP contribution in [-0.2, 0) is 12.0 Å². The molecule has 2 aromatic rings. The number of allylic oxidation sites excluding steroid dienone is 4. The smallest absolute Gasteiger partial charge is 0.142 e. The molecule has 5 nitrogen and oxygen atoms in total. The van der Waals surface area contributed by atoms with Gasteiger partial charge in [0, 0.05) is 28.8 Å². The Morgan fingerprint density at radius 1 is 1.12 bits per heavy atom. The third-order valence-corrected chi connectivity index (χ3v) is 6.11. The number of hydrogen-bond acceptors (Lipinski definition) is 6.